The van der Waals surface area contributed by atoms with E-state index < -0.39 is 0 Å². The summed E-state index contributed by atoms with van der Waals surface area (Å²) in [5.41, 5.74) is 3.77. The lowest BCUT2D eigenvalue weighted by molar-refractivity contribution is -0.953. The number of fused-ring (bicyclic) bond motifs is 2. The van der Waals surface area contributed by atoms with Crippen LogP contribution in [0.1, 0.15) is 16.7 Å². The smallest absolute Gasteiger partial charge is 0.106 e. The maximum atomic E-state index is 9.90. The molecular weight excluding hydrogens is 286 g/mol. The highest BCUT2D eigenvalue weighted by atomic mass is 35.5. The van der Waals surface area contributed by atoms with Gasteiger partial charge in [0.15, 0.2) is 0 Å². The maximum absolute atomic E-state index is 9.90. The molecule has 2 aliphatic rings. The summed E-state index contributed by atoms with van der Waals surface area (Å²) in [6.07, 6.45) is 0. The number of morpholine rings is 1. The Kier molecular flexibility index (Phi) is 3.19. The van der Waals surface area contributed by atoms with Gasteiger partial charge in [-0.2, -0.15) is 0 Å². The van der Waals surface area contributed by atoms with Crippen LogP contribution in [0.15, 0.2) is 24.3 Å². The van der Waals surface area contributed by atoms with Crippen molar-refractivity contribution >= 4 is 22.4 Å². The summed E-state index contributed by atoms with van der Waals surface area (Å²) < 4.78 is 6.60. The number of ether oxygens (including phenoxy) is 1. The number of benzene rings is 2. The van der Waals surface area contributed by atoms with E-state index in [0.717, 1.165) is 59.8 Å². The van der Waals surface area contributed by atoms with Gasteiger partial charge in [-0.1, -0.05) is 17.7 Å². The van der Waals surface area contributed by atoms with Crippen LogP contribution in [0.3, 0.4) is 0 Å². The molecule has 0 aromatic heterocycles. The second-order valence-corrected chi connectivity index (χ2v) is 6.67. The fourth-order valence-electron chi connectivity index (χ4n) is 3.86. The van der Waals surface area contributed by atoms with Crippen LogP contribution < -0.4 is 0 Å². The average molecular weight is 305 g/mol. The van der Waals surface area contributed by atoms with Gasteiger partial charge in [0.1, 0.15) is 26.2 Å². The van der Waals surface area contributed by atoms with Crippen LogP contribution in [0, 0.1) is 0 Å². The molecule has 1 spiro atoms. The Morgan fingerprint density at radius 2 is 1.95 bits per heavy atom. The number of nitrogens with zero attached hydrogens (tertiary/aromatic N) is 1. The molecule has 3 nitrogen and oxygen atoms in total. The van der Waals surface area contributed by atoms with Crippen molar-refractivity contribution in [3.05, 3.63) is 46.0 Å². The molecule has 4 rings (SSSR count). The molecule has 1 saturated heterocycles. The van der Waals surface area contributed by atoms with Gasteiger partial charge in [0.2, 0.25) is 0 Å². The van der Waals surface area contributed by atoms with E-state index in [1.807, 2.05) is 12.1 Å². The first-order chi connectivity index (χ1) is 10.2. The summed E-state index contributed by atoms with van der Waals surface area (Å²) in [5.74, 6) is 0. The molecular formula is C17H19ClNO2+. The minimum atomic E-state index is 0.0799. The Hall–Kier alpha value is -1.13. The zero-order valence-electron chi connectivity index (χ0n) is 11.9. The number of aliphatic hydroxyl groups is 1. The Morgan fingerprint density at radius 3 is 2.71 bits per heavy atom. The van der Waals surface area contributed by atoms with Crippen molar-refractivity contribution in [2.45, 2.75) is 19.7 Å². The molecule has 2 aromatic rings. The first-order valence-electron chi connectivity index (χ1n) is 7.47. The number of aliphatic hydroxyl groups excluding tert-OH is 1. The highest BCUT2D eigenvalue weighted by Crippen LogP contribution is 2.38. The average Bonchev–Trinajstić information content (AvgIpc) is 2.82. The van der Waals surface area contributed by atoms with E-state index in [1.165, 1.54) is 16.5 Å². The third-order valence-corrected chi connectivity index (χ3v) is 5.23. The normalized spacial score (nSPS) is 20.1. The molecule has 0 radical (unpaired) electrons. The summed E-state index contributed by atoms with van der Waals surface area (Å²) in [6.45, 7) is 5.96. The van der Waals surface area contributed by atoms with E-state index in [9.17, 15) is 5.11 Å². The fraction of sp³-hybridized carbons (Fsp3) is 0.412. The number of rotatable bonds is 1. The monoisotopic (exact) mass is 304 g/mol. The van der Waals surface area contributed by atoms with Crippen LogP contribution in [-0.4, -0.2) is 35.9 Å². The molecule has 1 fully saturated rings. The van der Waals surface area contributed by atoms with E-state index in [-0.39, 0.29) is 6.61 Å². The largest absolute Gasteiger partial charge is 0.392 e. The van der Waals surface area contributed by atoms with Crippen molar-refractivity contribution in [1.29, 1.82) is 0 Å². The molecule has 110 valence electrons. The minimum absolute atomic E-state index is 0.0799. The predicted octanol–water partition coefficient (Wildman–Crippen LogP) is 2.85. The van der Waals surface area contributed by atoms with Crippen LogP contribution in [0.25, 0.3) is 10.8 Å². The Balaban J connectivity index is 1.87. The molecule has 0 unspecified atom stereocenters. The molecule has 0 bridgehead atoms. The van der Waals surface area contributed by atoms with Gasteiger partial charge in [0.25, 0.3) is 0 Å². The maximum Gasteiger partial charge on any atom is 0.106 e. The van der Waals surface area contributed by atoms with Crippen molar-refractivity contribution < 1.29 is 14.3 Å². The van der Waals surface area contributed by atoms with E-state index in [0.29, 0.717) is 0 Å². The second kappa shape index (κ2) is 4.96. The van der Waals surface area contributed by atoms with Crippen molar-refractivity contribution in [3.8, 4) is 0 Å². The summed E-state index contributed by atoms with van der Waals surface area (Å²) in [7, 11) is 0. The van der Waals surface area contributed by atoms with Gasteiger partial charge in [-0.3, -0.25) is 0 Å². The molecule has 0 amide bonds. The van der Waals surface area contributed by atoms with Crippen LogP contribution in [-0.2, 0) is 24.4 Å². The molecule has 0 aliphatic carbocycles. The van der Waals surface area contributed by atoms with Gasteiger partial charge >= 0.3 is 0 Å². The summed E-state index contributed by atoms with van der Waals surface area (Å²) in [4.78, 5) is 0. The lowest BCUT2D eigenvalue weighted by atomic mass is 9.96. The topological polar surface area (TPSA) is 29.5 Å². The van der Waals surface area contributed by atoms with Crippen molar-refractivity contribution in [1.82, 2.24) is 0 Å². The highest BCUT2D eigenvalue weighted by molar-refractivity contribution is 6.31. The zero-order chi connectivity index (χ0) is 14.4. The Labute approximate surface area is 129 Å². The Morgan fingerprint density at radius 1 is 1.14 bits per heavy atom. The molecule has 0 atom stereocenters. The molecule has 0 saturated carbocycles. The van der Waals surface area contributed by atoms with E-state index in [2.05, 4.69) is 12.1 Å². The van der Waals surface area contributed by atoms with E-state index >= 15 is 0 Å². The molecule has 2 heterocycles. The van der Waals surface area contributed by atoms with Crippen LogP contribution in [0.2, 0.25) is 5.02 Å². The zero-order valence-corrected chi connectivity index (χ0v) is 12.7. The standard InChI is InChI=1S/C17H19ClNO2/c18-14-2-1-12-7-13-9-19(3-5-21-6-4-19)10-16(13)17(11-20)15(12)8-14/h1-2,7-8,20H,3-6,9-11H2/q+1. The van der Waals surface area contributed by atoms with E-state index in [4.69, 9.17) is 16.3 Å². The second-order valence-electron chi connectivity index (χ2n) is 6.23. The molecule has 1 N–H and O–H groups in total. The lowest BCUT2D eigenvalue weighted by Gasteiger charge is -2.37. The predicted molar refractivity (Wildman–Crippen MR) is 83.1 cm³/mol. The number of hydrogen-bond acceptors (Lipinski definition) is 2. The van der Waals surface area contributed by atoms with Gasteiger partial charge < -0.3 is 14.3 Å². The van der Waals surface area contributed by atoms with Crippen LogP contribution in [0.4, 0.5) is 0 Å². The van der Waals surface area contributed by atoms with Crippen molar-refractivity contribution in [2.24, 2.45) is 0 Å². The summed E-state index contributed by atoms with van der Waals surface area (Å²) >= 11 is 6.14. The summed E-state index contributed by atoms with van der Waals surface area (Å²) in [6, 6.07) is 8.23. The first-order valence-corrected chi connectivity index (χ1v) is 7.85. The van der Waals surface area contributed by atoms with Gasteiger partial charge in [-0.05, 0) is 34.5 Å². The van der Waals surface area contributed by atoms with Crippen molar-refractivity contribution in [2.75, 3.05) is 26.3 Å². The van der Waals surface area contributed by atoms with Gasteiger partial charge in [0, 0.05) is 16.1 Å². The van der Waals surface area contributed by atoms with Gasteiger partial charge in [0.05, 0.1) is 19.8 Å². The number of halogens is 1. The number of hydrogen-bond donors (Lipinski definition) is 1. The van der Waals surface area contributed by atoms with Gasteiger partial charge in [-0.15, -0.1) is 0 Å². The first kappa shape index (κ1) is 13.5. The molecule has 2 aromatic carbocycles. The molecule has 2 aliphatic heterocycles. The fourth-order valence-corrected chi connectivity index (χ4v) is 4.04. The SMILES string of the molecule is OCc1c2c(cc3ccc(Cl)cc13)C[N+]1(CCOCC1)C2. The molecule has 4 heteroatoms. The number of quaternary nitrogens is 1. The summed E-state index contributed by atoms with van der Waals surface area (Å²) in [5, 5.41) is 12.9. The molecule has 21 heavy (non-hydrogen) atoms. The Bertz CT molecular complexity index is 707. The van der Waals surface area contributed by atoms with Crippen molar-refractivity contribution in [3.63, 3.8) is 0 Å². The van der Waals surface area contributed by atoms with E-state index in [1.54, 1.807) is 0 Å². The van der Waals surface area contributed by atoms with Gasteiger partial charge in [-0.25, -0.2) is 0 Å². The minimum Gasteiger partial charge on any atom is -0.392 e. The highest BCUT2D eigenvalue weighted by Gasteiger charge is 2.39. The van der Waals surface area contributed by atoms with Crippen LogP contribution in [0.5, 0.6) is 0 Å². The quantitative estimate of drug-likeness (QED) is 0.821. The van der Waals surface area contributed by atoms with Crippen LogP contribution >= 0.6 is 11.6 Å². The lowest BCUT2D eigenvalue weighted by Crippen LogP contribution is -2.50. The third kappa shape index (κ3) is 2.16. The third-order valence-electron chi connectivity index (χ3n) is 5.00.